The molecular formula is C25H19ClFN3O4. The molecule has 2 heterocycles. The van der Waals surface area contributed by atoms with Crippen LogP contribution in [0.15, 0.2) is 73.1 Å². The van der Waals surface area contributed by atoms with E-state index in [0.29, 0.717) is 32.9 Å². The molecule has 1 N–H and O–H groups in total. The van der Waals surface area contributed by atoms with E-state index in [1.165, 1.54) is 12.1 Å². The van der Waals surface area contributed by atoms with Gasteiger partial charge in [0.25, 0.3) is 0 Å². The van der Waals surface area contributed by atoms with Crippen LogP contribution in [0.25, 0.3) is 10.9 Å². The van der Waals surface area contributed by atoms with Gasteiger partial charge >= 0.3 is 11.9 Å². The fraction of sp³-hybridized carbons (Fsp3) is 0.120. The molecule has 2 aromatic carbocycles. The number of hydrogen-bond donors (Lipinski definition) is 1. The van der Waals surface area contributed by atoms with Crippen LogP contribution in [-0.4, -0.2) is 21.9 Å². The molecule has 1 atom stereocenters. The van der Waals surface area contributed by atoms with Crippen molar-refractivity contribution in [2.45, 2.75) is 19.4 Å². The molecule has 4 aromatic rings. The fourth-order valence-electron chi connectivity index (χ4n) is 3.50. The SMILES string of the molecule is CCC(=O)Oc1c(C(Nc2ccccn2)c2ccc(C(=O)OF)cc2)cc(Cl)c2cccnc12. The summed E-state index contributed by atoms with van der Waals surface area (Å²) in [4.78, 5) is 35.9. The van der Waals surface area contributed by atoms with Crippen LogP contribution >= 0.6 is 11.6 Å². The second kappa shape index (κ2) is 10.3. The molecule has 1 unspecified atom stereocenters. The van der Waals surface area contributed by atoms with Crippen LogP contribution in [0.4, 0.5) is 10.3 Å². The fourth-order valence-corrected chi connectivity index (χ4v) is 3.77. The quantitative estimate of drug-likeness (QED) is 0.263. The Kier molecular flexibility index (Phi) is 6.98. The number of ether oxygens (including phenoxy) is 1. The summed E-state index contributed by atoms with van der Waals surface area (Å²) in [5.41, 5.74) is 1.67. The third-order valence-corrected chi connectivity index (χ3v) is 5.46. The van der Waals surface area contributed by atoms with Crippen LogP contribution in [0.2, 0.25) is 5.02 Å². The first-order chi connectivity index (χ1) is 16.5. The molecule has 0 radical (unpaired) electrons. The summed E-state index contributed by atoms with van der Waals surface area (Å²) >= 11 is 6.60. The summed E-state index contributed by atoms with van der Waals surface area (Å²) < 4.78 is 18.1. The van der Waals surface area contributed by atoms with Crippen molar-refractivity contribution in [1.29, 1.82) is 0 Å². The average molecular weight is 480 g/mol. The lowest BCUT2D eigenvalue weighted by Crippen LogP contribution is -2.17. The Morgan fingerprint density at radius 2 is 1.82 bits per heavy atom. The predicted molar refractivity (Wildman–Crippen MR) is 125 cm³/mol. The molecule has 0 aliphatic rings. The van der Waals surface area contributed by atoms with Gasteiger partial charge in [-0.3, -0.25) is 9.78 Å². The van der Waals surface area contributed by atoms with Crippen molar-refractivity contribution in [3.8, 4) is 5.75 Å². The number of rotatable bonds is 7. The van der Waals surface area contributed by atoms with Crippen LogP contribution in [-0.2, 0) is 9.74 Å². The summed E-state index contributed by atoms with van der Waals surface area (Å²) in [6.07, 6.45) is 3.38. The minimum absolute atomic E-state index is 0.0404. The van der Waals surface area contributed by atoms with Gasteiger partial charge in [-0.2, -0.15) is 0 Å². The molecule has 0 aliphatic carbocycles. The molecule has 7 nitrogen and oxygen atoms in total. The zero-order valence-electron chi connectivity index (χ0n) is 18.0. The molecule has 0 saturated carbocycles. The molecule has 9 heteroatoms. The highest BCUT2D eigenvalue weighted by molar-refractivity contribution is 6.35. The maximum atomic E-state index is 12.3. The van der Waals surface area contributed by atoms with E-state index in [1.54, 1.807) is 61.8 Å². The maximum absolute atomic E-state index is 12.3. The highest BCUT2D eigenvalue weighted by Crippen LogP contribution is 2.40. The van der Waals surface area contributed by atoms with Crippen molar-refractivity contribution in [2.75, 3.05) is 5.32 Å². The number of fused-ring (bicyclic) bond motifs is 1. The number of esters is 1. The van der Waals surface area contributed by atoms with Gasteiger partial charge in [0.05, 0.1) is 16.6 Å². The van der Waals surface area contributed by atoms with Crippen LogP contribution in [0.3, 0.4) is 0 Å². The van der Waals surface area contributed by atoms with Crippen LogP contribution in [0, 0.1) is 0 Å². The van der Waals surface area contributed by atoms with Gasteiger partial charge in [0, 0.05) is 34.3 Å². The topological polar surface area (TPSA) is 90.4 Å². The molecule has 0 saturated heterocycles. The number of benzene rings is 2. The number of anilines is 1. The summed E-state index contributed by atoms with van der Waals surface area (Å²) in [6.45, 7) is 1.69. The molecular weight excluding hydrogens is 461 g/mol. The predicted octanol–water partition coefficient (Wildman–Crippen LogP) is 5.84. The number of pyridine rings is 2. The summed E-state index contributed by atoms with van der Waals surface area (Å²) in [5.74, 6) is -0.735. The number of hydrogen-bond acceptors (Lipinski definition) is 7. The molecule has 0 bridgehead atoms. The molecule has 172 valence electrons. The first-order valence-electron chi connectivity index (χ1n) is 10.4. The van der Waals surface area contributed by atoms with Gasteiger partial charge in [-0.15, -0.1) is 0 Å². The summed E-state index contributed by atoms with van der Waals surface area (Å²) in [5, 5.41) is 4.36. The van der Waals surface area contributed by atoms with E-state index in [0.717, 1.165) is 0 Å². The molecule has 0 fully saturated rings. The molecule has 4 rings (SSSR count). The molecule has 0 amide bonds. The number of nitrogens with one attached hydrogen (secondary N) is 1. The Balaban J connectivity index is 1.91. The smallest absolute Gasteiger partial charge is 0.379 e. The van der Waals surface area contributed by atoms with Gasteiger partial charge in [-0.25, -0.2) is 14.7 Å². The van der Waals surface area contributed by atoms with Gasteiger partial charge in [0.15, 0.2) is 5.75 Å². The lowest BCUT2D eigenvalue weighted by Gasteiger charge is -2.24. The zero-order chi connectivity index (χ0) is 24.1. The van der Waals surface area contributed by atoms with E-state index in [2.05, 4.69) is 20.2 Å². The highest BCUT2D eigenvalue weighted by Gasteiger charge is 2.25. The van der Waals surface area contributed by atoms with E-state index in [1.807, 2.05) is 6.07 Å². The maximum Gasteiger partial charge on any atom is 0.379 e. The normalized spacial score (nSPS) is 11.6. The molecule has 0 aliphatic heterocycles. The third-order valence-electron chi connectivity index (χ3n) is 5.15. The number of halogens is 2. The second-order valence-electron chi connectivity index (χ2n) is 7.28. The summed E-state index contributed by atoms with van der Waals surface area (Å²) in [6, 6.07) is 16.1. The number of nitrogens with zero attached hydrogens (tertiary/aromatic N) is 2. The van der Waals surface area contributed by atoms with Crippen molar-refractivity contribution >= 4 is 40.3 Å². The van der Waals surface area contributed by atoms with Gasteiger partial charge < -0.3 is 10.1 Å². The Morgan fingerprint density at radius 1 is 1.06 bits per heavy atom. The monoisotopic (exact) mass is 479 g/mol. The van der Waals surface area contributed by atoms with Crippen molar-refractivity contribution in [3.05, 3.63) is 94.8 Å². The lowest BCUT2D eigenvalue weighted by atomic mass is 9.95. The first-order valence-corrected chi connectivity index (χ1v) is 10.8. The van der Waals surface area contributed by atoms with Crippen molar-refractivity contribution in [3.63, 3.8) is 0 Å². The van der Waals surface area contributed by atoms with Crippen LogP contribution in [0.1, 0.15) is 40.9 Å². The standard InChI is InChI=1S/C25H19ClFN3O4/c1-2-21(31)33-24-18(14-19(26)17-6-5-13-29-23(17)24)22(30-20-7-3-4-12-28-20)15-8-10-16(11-9-15)25(32)34-27/h3-14,22H,2H2,1H3,(H,28,30). The zero-order valence-corrected chi connectivity index (χ0v) is 18.8. The van der Waals surface area contributed by atoms with E-state index < -0.39 is 18.0 Å². The van der Waals surface area contributed by atoms with Crippen molar-refractivity contribution < 1.29 is 23.8 Å². The Morgan fingerprint density at radius 3 is 2.50 bits per heavy atom. The Hall–Kier alpha value is -4.04. The second-order valence-corrected chi connectivity index (χ2v) is 7.69. The Labute approximate surface area is 199 Å². The van der Waals surface area contributed by atoms with E-state index >= 15 is 0 Å². The Bertz CT molecular complexity index is 1330. The lowest BCUT2D eigenvalue weighted by molar-refractivity contribution is -0.133. The van der Waals surface area contributed by atoms with Crippen LogP contribution < -0.4 is 10.1 Å². The minimum Gasteiger partial charge on any atom is -0.424 e. The number of carbonyl (C=O) groups is 2. The third kappa shape index (κ3) is 4.82. The van der Waals surface area contributed by atoms with Crippen molar-refractivity contribution in [1.82, 2.24) is 9.97 Å². The number of carbonyl (C=O) groups excluding carboxylic acids is 2. The molecule has 2 aromatic heterocycles. The van der Waals surface area contributed by atoms with Gasteiger partial charge in [-0.05, 0) is 48.0 Å². The van der Waals surface area contributed by atoms with E-state index in [4.69, 9.17) is 16.3 Å². The summed E-state index contributed by atoms with van der Waals surface area (Å²) in [7, 11) is 0. The van der Waals surface area contributed by atoms with E-state index in [9.17, 15) is 14.1 Å². The number of aromatic nitrogens is 2. The highest BCUT2D eigenvalue weighted by atomic mass is 35.5. The van der Waals surface area contributed by atoms with E-state index in [-0.39, 0.29) is 17.7 Å². The first kappa shape index (κ1) is 23.1. The average Bonchev–Trinajstić information content (AvgIpc) is 2.89. The molecule has 0 spiro atoms. The van der Waals surface area contributed by atoms with Gasteiger partial charge in [0.2, 0.25) is 0 Å². The van der Waals surface area contributed by atoms with Crippen LogP contribution in [0.5, 0.6) is 5.75 Å². The molecule has 34 heavy (non-hydrogen) atoms. The largest absolute Gasteiger partial charge is 0.424 e. The van der Waals surface area contributed by atoms with Crippen molar-refractivity contribution in [2.24, 2.45) is 0 Å². The van der Waals surface area contributed by atoms with Gasteiger partial charge in [-0.1, -0.05) is 36.7 Å². The minimum atomic E-state index is -1.10. The van der Waals surface area contributed by atoms with Gasteiger partial charge in [0.1, 0.15) is 11.3 Å².